The number of hydrogen-bond donors (Lipinski definition) is 2. The van der Waals surface area contributed by atoms with E-state index in [4.69, 9.17) is 5.11 Å². The molecule has 0 fully saturated rings. The second-order valence-electron chi connectivity index (χ2n) is 3.92. The molecule has 0 aliphatic rings. The number of hydrogen-bond acceptors (Lipinski definition) is 3. The van der Waals surface area contributed by atoms with Crippen LogP contribution in [0.2, 0.25) is 0 Å². The first-order valence-electron chi connectivity index (χ1n) is 5.89. The van der Waals surface area contributed by atoms with E-state index in [1.807, 2.05) is 36.6 Å². The van der Waals surface area contributed by atoms with Crippen molar-refractivity contribution in [2.24, 2.45) is 0 Å². The zero-order valence-corrected chi connectivity index (χ0v) is 11.3. The van der Waals surface area contributed by atoms with E-state index in [-0.39, 0.29) is 18.6 Å². The number of benzene rings is 1. The van der Waals surface area contributed by atoms with Gasteiger partial charge in [0.1, 0.15) is 0 Å². The zero-order valence-electron chi connectivity index (χ0n) is 10.5. The molecular weight excluding hydrogens is 246 g/mol. The van der Waals surface area contributed by atoms with Gasteiger partial charge in [-0.3, -0.25) is 4.79 Å². The number of carbonyl (C=O) groups excluding carboxylic acids is 1. The van der Waals surface area contributed by atoms with Crippen molar-refractivity contribution in [1.29, 1.82) is 0 Å². The number of rotatable bonds is 7. The minimum absolute atomic E-state index is 0.0259. The highest BCUT2D eigenvalue weighted by atomic mass is 32.2. The fourth-order valence-corrected chi connectivity index (χ4v) is 2.19. The number of amides is 1. The van der Waals surface area contributed by atoms with Gasteiger partial charge >= 0.3 is 0 Å². The lowest BCUT2D eigenvalue weighted by Gasteiger charge is -2.15. The Balaban J connectivity index is 2.47. The van der Waals surface area contributed by atoms with Gasteiger partial charge in [0.25, 0.3) is 0 Å². The van der Waals surface area contributed by atoms with Crippen molar-refractivity contribution in [3.05, 3.63) is 42.0 Å². The summed E-state index contributed by atoms with van der Waals surface area (Å²) in [7, 11) is 0. The number of nitrogens with one attached hydrogen (secondary N) is 1. The van der Waals surface area contributed by atoms with E-state index in [0.717, 1.165) is 11.3 Å². The first-order valence-corrected chi connectivity index (χ1v) is 7.29. The molecule has 0 saturated carbocycles. The van der Waals surface area contributed by atoms with Gasteiger partial charge in [0.2, 0.25) is 5.91 Å². The van der Waals surface area contributed by atoms with Crippen LogP contribution >= 0.6 is 11.8 Å². The smallest absolute Gasteiger partial charge is 0.244 e. The average Bonchev–Trinajstić information content (AvgIpc) is 2.38. The van der Waals surface area contributed by atoms with Crippen LogP contribution < -0.4 is 5.32 Å². The van der Waals surface area contributed by atoms with Gasteiger partial charge in [-0.15, -0.1) is 0 Å². The highest BCUT2D eigenvalue weighted by molar-refractivity contribution is 7.98. The molecule has 0 aliphatic carbocycles. The van der Waals surface area contributed by atoms with Gasteiger partial charge < -0.3 is 10.4 Å². The van der Waals surface area contributed by atoms with Crippen LogP contribution in [-0.4, -0.2) is 35.7 Å². The summed E-state index contributed by atoms with van der Waals surface area (Å²) in [5, 5.41) is 11.8. The summed E-state index contributed by atoms with van der Waals surface area (Å²) in [6.07, 6.45) is 5.88. The summed E-state index contributed by atoms with van der Waals surface area (Å²) >= 11 is 1.66. The lowest BCUT2D eigenvalue weighted by Crippen LogP contribution is -2.36. The van der Waals surface area contributed by atoms with Crippen molar-refractivity contribution < 1.29 is 9.90 Å². The molecule has 0 aromatic heterocycles. The largest absolute Gasteiger partial charge is 0.396 e. The Labute approximate surface area is 112 Å². The quantitative estimate of drug-likeness (QED) is 0.741. The monoisotopic (exact) mass is 265 g/mol. The van der Waals surface area contributed by atoms with E-state index in [1.165, 1.54) is 6.08 Å². The minimum Gasteiger partial charge on any atom is -0.396 e. The number of aliphatic hydroxyl groups is 1. The van der Waals surface area contributed by atoms with Crippen LogP contribution in [0.25, 0.3) is 6.08 Å². The van der Waals surface area contributed by atoms with E-state index < -0.39 is 0 Å². The molecule has 0 aliphatic heterocycles. The summed E-state index contributed by atoms with van der Waals surface area (Å²) in [4.78, 5) is 11.7. The molecule has 0 bridgehead atoms. The van der Waals surface area contributed by atoms with Gasteiger partial charge in [-0.2, -0.15) is 11.8 Å². The van der Waals surface area contributed by atoms with Crippen molar-refractivity contribution in [3.63, 3.8) is 0 Å². The van der Waals surface area contributed by atoms with Crippen LogP contribution in [0.1, 0.15) is 12.0 Å². The highest BCUT2D eigenvalue weighted by Gasteiger charge is 2.08. The van der Waals surface area contributed by atoms with E-state index >= 15 is 0 Å². The topological polar surface area (TPSA) is 49.3 Å². The van der Waals surface area contributed by atoms with Gasteiger partial charge in [0.15, 0.2) is 0 Å². The predicted octanol–water partition coefficient (Wildman–Crippen LogP) is 1.93. The van der Waals surface area contributed by atoms with Gasteiger partial charge in [-0.1, -0.05) is 30.3 Å². The molecule has 1 atom stereocenters. The lowest BCUT2D eigenvalue weighted by molar-refractivity contribution is -0.117. The number of thioether (sulfide) groups is 1. The van der Waals surface area contributed by atoms with Crippen molar-refractivity contribution in [2.45, 2.75) is 12.5 Å². The second-order valence-corrected chi connectivity index (χ2v) is 4.83. The first kappa shape index (κ1) is 14.8. The van der Waals surface area contributed by atoms with Gasteiger partial charge in [-0.25, -0.2) is 0 Å². The second kappa shape index (κ2) is 8.78. The Hall–Kier alpha value is -1.26. The maximum Gasteiger partial charge on any atom is 0.244 e. The van der Waals surface area contributed by atoms with Crippen LogP contribution in [-0.2, 0) is 4.79 Å². The molecular formula is C14H19NO2S. The Bertz CT molecular complexity index is 373. The summed E-state index contributed by atoms with van der Waals surface area (Å²) in [5.74, 6) is 0.692. The number of aliphatic hydroxyl groups excluding tert-OH is 1. The lowest BCUT2D eigenvalue weighted by atomic mass is 10.2. The van der Waals surface area contributed by atoms with Crippen molar-refractivity contribution >= 4 is 23.7 Å². The molecule has 1 unspecified atom stereocenters. The third-order valence-corrected chi connectivity index (χ3v) is 3.15. The van der Waals surface area contributed by atoms with Crippen molar-refractivity contribution in [2.75, 3.05) is 18.6 Å². The van der Waals surface area contributed by atoms with E-state index in [2.05, 4.69) is 5.32 Å². The maximum absolute atomic E-state index is 11.7. The average molecular weight is 265 g/mol. The van der Waals surface area contributed by atoms with Crippen LogP contribution in [0.15, 0.2) is 36.4 Å². The molecule has 0 heterocycles. The Kier molecular flexibility index (Phi) is 7.22. The standard InChI is InChI=1S/C14H19NO2S/c1-18-11-13(9-10-16)15-14(17)8-7-12-5-3-2-4-6-12/h2-8,13,16H,9-11H2,1H3,(H,15,17)/b8-7+. The summed E-state index contributed by atoms with van der Waals surface area (Å²) < 4.78 is 0. The molecule has 1 aromatic carbocycles. The summed E-state index contributed by atoms with van der Waals surface area (Å²) in [5.41, 5.74) is 0.997. The van der Waals surface area contributed by atoms with Gasteiger partial charge in [-0.05, 0) is 24.3 Å². The molecule has 1 rings (SSSR count). The molecule has 1 amide bonds. The van der Waals surface area contributed by atoms with Crippen molar-refractivity contribution in [3.8, 4) is 0 Å². The van der Waals surface area contributed by atoms with Gasteiger partial charge in [0, 0.05) is 24.5 Å². The van der Waals surface area contributed by atoms with Crippen LogP contribution in [0.4, 0.5) is 0 Å². The van der Waals surface area contributed by atoms with E-state index in [9.17, 15) is 4.79 Å². The normalized spacial score (nSPS) is 12.6. The fraction of sp³-hybridized carbons (Fsp3) is 0.357. The molecule has 18 heavy (non-hydrogen) atoms. The first-order chi connectivity index (χ1) is 8.76. The minimum atomic E-state index is -0.119. The molecule has 2 N–H and O–H groups in total. The van der Waals surface area contributed by atoms with Gasteiger partial charge in [0.05, 0.1) is 0 Å². The predicted molar refractivity (Wildman–Crippen MR) is 77.5 cm³/mol. The third-order valence-electron chi connectivity index (χ3n) is 2.42. The van der Waals surface area contributed by atoms with Crippen LogP contribution in [0.3, 0.4) is 0 Å². The zero-order chi connectivity index (χ0) is 13.2. The SMILES string of the molecule is CSCC(CCO)NC(=O)/C=C/c1ccccc1. The maximum atomic E-state index is 11.7. The van der Waals surface area contributed by atoms with Crippen LogP contribution in [0.5, 0.6) is 0 Å². The Morgan fingerprint density at radius 1 is 1.44 bits per heavy atom. The Morgan fingerprint density at radius 2 is 2.17 bits per heavy atom. The molecule has 0 radical (unpaired) electrons. The van der Waals surface area contributed by atoms with Crippen molar-refractivity contribution in [1.82, 2.24) is 5.32 Å². The Morgan fingerprint density at radius 3 is 2.78 bits per heavy atom. The third kappa shape index (κ3) is 5.89. The molecule has 0 spiro atoms. The summed E-state index contributed by atoms with van der Waals surface area (Å²) in [6, 6.07) is 9.71. The fourth-order valence-electron chi connectivity index (χ4n) is 1.54. The summed E-state index contributed by atoms with van der Waals surface area (Å²) in [6.45, 7) is 0.0912. The molecule has 4 heteroatoms. The van der Waals surface area contributed by atoms with E-state index in [1.54, 1.807) is 17.8 Å². The molecule has 0 saturated heterocycles. The molecule has 98 valence electrons. The molecule has 1 aromatic rings. The number of carbonyl (C=O) groups is 1. The highest BCUT2D eigenvalue weighted by Crippen LogP contribution is 2.03. The van der Waals surface area contributed by atoms with E-state index in [0.29, 0.717) is 6.42 Å². The molecule has 3 nitrogen and oxygen atoms in total. The van der Waals surface area contributed by atoms with Crippen LogP contribution in [0, 0.1) is 0 Å².